The Morgan fingerprint density at radius 3 is 2.33 bits per heavy atom. The van der Waals surface area contributed by atoms with Crippen LogP contribution in [-0.4, -0.2) is 10.2 Å². The van der Waals surface area contributed by atoms with Crippen LogP contribution in [0.1, 0.15) is 11.6 Å². The highest BCUT2D eigenvalue weighted by atomic mass is 35.5. The van der Waals surface area contributed by atoms with E-state index in [0.29, 0.717) is 5.69 Å². The Labute approximate surface area is 74.0 Å². The zero-order valence-corrected chi connectivity index (χ0v) is 6.65. The third-order valence-electron chi connectivity index (χ3n) is 1.21. The second-order valence-electron chi connectivity index (χ2n) is 1.97. The Balaban J connectivity index is 2.99. The molecule has 0 aliphatic rings. The number of halogens is 1. The lowest BCUT2D eigenvalue weighted by Crippen LogP contribution is -1.97. The number of hydrogen-bond donors (Lipinski definition) is 0. The predicted octanol–water partition coefficient (Wildman–Crippen LogP) is 1.26. The average molecular weight is 179 g/mol. The third kappa shape index (κ3) is 1.69. The van der Waals surface area contributed by atoms with Crippen LogP contribution in [0.25, 0.3) is 0 Å². The SMILES string of the molecule is N#CC(C#N)c1ccc(Cl)nn1. The molecule has 12 heavy (non-hydrogen) atoms. The van der Waals surface area contributed by atoms with Gasteiger partial charge in [0.05, 0.1) is 17.8 Å². The zero-order chi connectivity index (χ0) is 8.97. The standard InChI is InChI=1S/C7H3ClN4/c8-7-2-1-6(11-12-7)5(3-9)4-10/h1-2,5H. The van der Waals surface area contributed by atoms with Crippen LogP contribution >= 0.6 is 11.6 Å². The molecule has 1 aromatic heterocycles. The summed E-state index contributed by atoms with van der Waals surface area (Å²) >= 11 is 5.46. The van der Waals surface area contributed by atoms with Crippen LogP contribution in [0.2, 0.25) is 5.15 Å². The molecule has 58 valence electrons. The summed E-state index contributed by atoms with van der Waals surface area (Å²) in [6.45, 7) is 0. The van der Waals surface area contributed by atoms with E-state index in [0.717, 1.165) is 0 Å². The van der Waals surface area contributed by atoms with Gasteiger partial charge in [-0.05, 0) is 12.1 Å². The van der Waals surface area contributed by atoms with Crippen LogP contribution in [0.5, 0.6) is 0 Å². The first-order chi connectivity index (χ1) is 5.77. The molecule has 0 spiro atoms. The van der Waals surface area contributed by atoms with Crippen molar-refractivity contribution in [2.75, 3.05) is 0 Å². The summed E-state index contributed by atoms with van der Waals surface area (Å²) in [4.78, 5) is 0. The molecule has 0 bridgehead atoms. The molecule has 1 aromatic rings. The highest BCUT2D eigenvalue weighted by Gasteiger charge is 2.10. The van der Waals surface area contributed by atoms with Gasteiger partial charge in [-0.3, -0.25) is 0 Å². The molecule has 0 aliphatic heterocycles. The summed E-state index contributed by atoms with van der Waals surface area (Å²) in [5.74, 6) is -0.866. The first-order valence-corrected chi connectivity index (χ1v) is 3.44. The average Bonchev–Trinajstić information content (AvgIpc) is 2.10. The van der Waals surface area contributed by atoms with Gasteiger partial charge in [-0.2, -0.15) is 15.6 Å². The minimum absolute atomic E-state index is 0.244. The third-order valence-corrected chi connectivity index (χ3v) is 1.41. The molecule has 0 saturated carbocycles. The molecule has 0 fully saturated rings. The second kappa shape index (κ2) is 3.66. The molecule has 0 radical (unpaired) electrons. The van der Waals surface area contributed by atoms with Gasteiger partial charge in [0.2, 0.25) is 0 Å². The van der Waals surface area contributed by atoms with Crippen molar-refractivity contribution in [3.05, 3.63) is 23.0 Å². The summed E-state index contributed by atoms with van der Waals surface area (Å²) in [7, 11) is 0. The van der Waals surface area contributed by atoms with Crippen LogP contribution in [0.3, 0.4) is 0 Å². The predicted molar refractivity (Wildman–Crippen MR) is 41.0 cm³/mol. The van der Waals surface area contributed by atoms with Gasteiger partial charge in [0.25, 0.3) is 0 Å². The van der Waals surface area contributed by atoms with Crippen LogP contribution < -0.4 is 0 Å². The van der Waals surface area contributed by atoms with Crippen molar-refractivity contribution in [2.24, 2.45) is 0 Å². The zero-order valence-electron chi connectivity index (χ0n) is 5.90. The van der Waals surface area contributed by atoms with Gasteiger partial charge in [0.1, 0.15) is 0 Å². The van der Waals surface area contributed by atoms with Gasteiger partial charge < -0.3 is 0 Å². The van der Waals surface area contributed by atoms with E-state index in [-0.39, 0.29) is 5.15 Å². The Hall–Kier alpha value is -1.65. The van der Waals surface area contributed by atoms with Gasteiger partial charge in [0.15, 0.2) is 11.1 Å². The van der Waals surface area contributed by atoms with Crippen LogP contribution in [-0.2, 0) is 0 Å². The number of nitrogens with zero attached hydrogens (tertiary/aromatic N) is 4. The lowest BCUT2D eigenvalue weighted by Gasteiger charge is -1.95. The maximum absolute atomic E-state index is 8.48. The fraction of sp³-hybridized carbons (Fsp3) is 0.143. The molecular weight excluding hydrogens is 176 g/mol. The van der Waals surface area contributed by atoms with Crippen molar-refractivity contribution in [3.63, 3.8) is 0 Å². The highest BCUT2D eigenvalue weighted by molar-refractivity contribution is 6.29. The molecule has 0 saturated heterocycles. The van der Waals surface area contributed by atoms with Crippen molar-refractivity contribution in [1.29, 1.82) is 10.5 Å². The molecule has 0 amide bonds. The van der Waals surface area contributed by atoms with Crippen LogP contribution in [0, 0.1) is 22.7 Å². The topological polar surface area (TPSA) is 73.4 Å². The summed E-state index contributed by atoms with van der Waals surface area (Å²) in [5.41, 5.74) is 0.324. The van der Waals surface area contributed by atoms with E-state index < -0.39 is 5.92 Å². The molecule has 5 heteroatoms. The van der Waals surface area contributed by atoms with E-state index in [1.54, 1.807) is 12.1 Å². The van der Waals surface area contributed by atoms with Crippen molar-refractivity contribution in [3.8, 4) is 12.1 Å². The number of rotatable bonds is 1. The van der Waals surface area contributed by atoms with Crippen molar-refractivity contribution in [2.45, 2.75) is 5.92 Å². The molecule has 4 nitrogen and oxygen atoms in total. The molecule has 0 aromatic carbocycles. The molecule has 0 aliphatic carbocycles. The van der Waals surface area contributed by atoms with E-state index in [4.69, 9.17) is 22.1 Å². The van der Waals surface area contributed by atoms with E-state index >= 15 is 0 Å². The monoisotopic (exact) mass is 178 g/mol. The summed E-state index contributed by atoms with van der Waals surface area (Å²) in [6.07, 6.45) is 0. The van der Waals surface area contributed by atoms with Gasteiger partial charge >= 0.3 is 0 Å². The maximum Gasteiger partial charge on any atom is 0.176 e. The van der Waals surface area contributed by atoms with E-state index in [1.807, 2.05) is 0 Å². The first-order valence-electron chi connectivity index (χ1n) is 3.06. The van der Waals surface area contributed by atoms with Crippen LogP contribution in [0.4, 0.5) is 0 Å². The van der Waals surface area contributed by atoms with Crippen molar-refractivity contribution < 1.29 is 0 Å². The summed E-state index contributed by atoms with van der Waals surface area (Å²) in [6, 6.07) is 6.56. The molecule has 0 atom stereocenters. The Morgan fingerprint density at radius 2 is 1.92 bits per heavy atom. The lowest BCUT2D eigenvalue weighted by molar-refractivity contribution is 0.909. The van der Waals surface area contributed by atoms with E-state index in [2.05, 4.69) is 10.2 Å². The normalized spacial score (nSPS) is 9.00. The second-order valence-corrected chi connectivity index (χ2v) is 2.36. The minimum atomic E-state index is -0.866. The largest absolute Gasteiger partial charge is 0.196 e. The van der Waals surface area contributed by atoms with Gasteiger partial charge in [-0.25, -0.2) is 0 Å². The van der Waals surface area contributed by atoms with Crippen molar-refractivity contribution >= 4 is 11.6 Å². The Kier molecular flexibility index (Phi) is 2.57. The number of hydrogen-bond acceptors (Lipinski definition) is 4. The number of nitriles is 2. The molecular formula is C7H3ClN4. The molecule has 0 unspecified atom stereocenters. The molecule has 1 rings (SSSR count). The van der Waals surface area contributed by atoms with E-state index in [9.17, 15) is 0 Å². The highest BCUT2D eigenvalue weighted by Crippen LogP contribution is 2.11. The Morgan fingerprint density at radius 1 is 1.25 bits per heavy atom. The van der Waals surface area contributed by atoms with Gasteiger partial charge in [-0.15, -0.1) is 5.10 Å². The Bertz CT molecular complexity index is 331. The van der Waals surface area contributed by atoms with Gasteiger partial charge in [0, 0.05) is 0 Å². The molecule has 0 N–H and O–H groups in total. The van der Waals surface area contributed by atoms with Crippen LogP contribution in [0.15, 0.2) is 12.1 Å². The minimum Gasteiger partial charge on any atom is -0.196 e. The quantitative estimate of drug-likeness (QED) is 0.649. The first kappa shape index (κ1) is 8.45. The maximum atomic E-state index is 8.48. The number of aromatic nitrogens is 2. The summed E-state index contributed by atoms with van der Waals surface area (Å²) < 4.78 is 0. The fourth-order valence-electron chi connectivity index (χ4n) is 0.641. The smallest absolute Gasteiger partial charge is 0.176 e. The van der Waals surface area contributed by atoms with Gasteiger partial charge in [-0.1, -0.05) is 11.6 Å². The van der Waals surface area contributed by atoms with Crippen molar-refractivity contribution in [1.82, 2.24) is 10.2 Å². The fourth-order valence-corrected chi connectivity index (χ4v) is 0.742. The summed E-state index contributed by atoms with van der Waals surface area (Å²) in [5, 5.41) is 24.3. The lowest BCUT2D eigenvalue weighted by atomic mass is 10.1. The molecule has 1 heterocycles. The van der Waals surface area contributed by atoms with E-state index in [1.165, 1.54) is 12.1 Å².